The highest BCUT2D eigenvalue weighted by Crippen LogP contribution is 2.19. The van der Waals surface area contributed by atoms with Crippen LogP contribution in [0.4, 0.5) is 4.79 Å². The van der Waals surface area contributed by atoms with E-state index in [2.05, 4.69) is 5.32 Å². The zero-order valence-corrected chi connectivity index (χ0v) is 17.4. The molecule has 1 rings (SSSR count). The van der Waals surface area contributed by atoms with Crippen molar-refractivity contribution in [1.82, 2.24) is 5.32 Å². The first-order valence-corrected chi connectivity index (χ1v) is 10.3. The molecule has 7 heteroatoms. The van der Waals surface area contributed by atoms with Crippen LogP contribution in [-0.2, 0) is 19.0 Å². The topological polar surface area (TPSA) is 81.7 Å². The van der Waals surface area contributed by atoms with Gasteiger partial charge in [-0.15, -0.1) is 0 Å². The summed E-state index contributed by atoms with van der Waals surface area (Å²) in [6.07, 6.45) is 0.139. The zero-order chi connectivity index (χ0) is 20.0. The number of rotatable bonds is 8. The molecule has 1 aromatic rings. The molecule has 0 heterocycles. The number of carbonyl (C=O) groups excluding carboxylic acids is 1. The van der Waals surface area contributed by atoms with Gasteiger partial charge in [0, 0.05) is 6.54 Å². The molecule has 0 bridgehead atoms. The largest absolute Gasteiger partial charge is 0.444 e. The first kappa shape index (κ1) is 22.4. The molecule has 0 aromatic heterocycles. The Balaban J connectivity index is 2.82. The van der Waals surface area contributed by atoms with E-state index in [1.807, 2.05) is 20.8 Å². The first-order chi connectivity index (χ1) is 11.9. The van der Waals surface area contributed by atoms with Crippen molar-refractivity contribution in [3.8, 4) is 0 Å². The number of benzene rings is 1. The van der Waals surface area contributed by atoms with Gasteiger partial charge in [-0.25, -0.2) is 4.79 Å². The lowest BCUT2D eigenvalue weighted by atomic mass is 10.0. The summed E-state index contributed by atoms with van der Waals surface area (Å²) in [5.41, 5.74) is 0.345. The maximum absolute atomic E-state index is 12.5. The maximum Gasteiger partial charge on any atom is 0.407 e. The van der Waals surface area contributed by atoms with Gasteiger partial charge in [-0.05, 0) is 52.2 Å². The van der Waals surface area contributed by atoms with Gasteiger partial charge in [0.15, 0.2) is 0 Å². The van der Waals surface area contributed by atoms with Crippen molar-refractivity contribution in [2.75, 3.05) is 6.54 Å². The normalized spacial score (nSPS) is 14.5. The summed E-state index contributed by atoms with van der Waals surface area (Å²) in [6.45, 7) is 11.3. The summed E-state index contributed by atoms with van der Waals surface area (Å²) in [5, 5.41) is 2.60. The van der Waals surface area contributed by atoms with Crippen molar-refractivity contribution in [1.29, 1.82) is 0 Å². The summed E-state index contributed by atoms with van der Waals surface area (Å²) in [7, 11) is -3.91. The summed E-state index contributed by atoms with van der Waals surface area (Å²) in [5.74, 6) is 0.258. The Morgan fingerprint density at radius 3 is 2.27 bits per heavy atom. The highest BCUT2D eigenvalue weighted by molar-refractivity contribution is 7.86. The van der Waals surface area contributed by atoms with Crippen LogP contribution in [0.1, 0.15) is 53.0 Å². The predicted octanol–water partition coefficient (Wildman–Crippen LogP) is 4.03. The summed E-state index contributed by atoms with van der Waals surface area (Å²) >= 11 is 0. The molecule has 26 heavy (non-hydrogen) atoms. The van der Waals surface area contributed by atoms with Gasteiger partial charge in [0.2, 0.25) is 0 Å². The summed E-state index contributed by atoms with van der Waals surface area (Å²) in [6, 6.07) is 6.48. The van der Waals surface area contributed by atoms with Crippen molar-refractivity contribution in [3.63, 3.8) is 0 Å². The van der Waals surface area contributed by atoms with Gasteiger partial charge in [0.1, 0.15) is 5.60 Å². The average Bonchev–Trinajstić information content (AvgIpc) is 2.51. The fourth-order valence-corrected chi connectivity index (χ4v) is 3.31. The van der Waals surface area contributed by atoms with E-state index in [0.717, 1.165) is 12.0 Å². The fraction of sp³-hybridized carbons (Fsp3) is 0.632. The van der Waals surface area contributed by atoms with E-state index in [9.17, 15) is 13.2 Å². The maximum atomic E-state index is 12.5. The molecule has 0 aliphatic rings. The molecule has 0 radical (unpaired) electrons. The second-order valence-corrected chi connectivity index (χ2v) is 9.19. The number of hydrogen-bond acceptors (Lipinski definition) is 5. The van der Waals surface area contributed by atoms with Crippen LogP contribution in [-0.4, -0.2) is 32.8 Å². The minimum atomic E-state index is -3.91. The Bertz CT molecular complexity index is 677. The van der Waals surface area contributed by atoms with Crippen LogP contribution in [0, 0.1) is 12.8 Å². The molecule has 0 fully saturated rings. The van der Waals surface area contributed by atoms with Crippen LogP contribution < -0.4 is 5.32 Å². The third-order valence-corrected chi connectivity index (χ3v) is 5.18. The lowest BCUT2D eigenvalue weighted by Crippen LogP contribution is -2.39. The van der Waals surface area contributed by atoms with E-state index in [4.69, 9.17) is 8.92 Å². The molecule has 0 aliphatic carbocycles. The minimum absolute atomic E-state index is 0.0599. The van der Waals surface area contributed by atoms with Gasteiger partial charge >= 0.3 is 6.09 Å². The van der Waals surface area contributed by atoms with E-state index in [1.54, 1.807) is 32.9 Å². The SMILES string of the molecule is CCC(C)CC(CNC(=O)OC(C)(C)C)OS(=O)(=O)c1ccc(C)cc1. The van der Waals surface area contributed by atoms with Gasteiger partial charge in [0.05, 0.1) is 11.0 Å². The lowest BCUT2D eigenvalue weighted by molar-refractivity contribution is 0.0495. The summed E-state index contributed by atoms with van der Waals surface area (Å²) in [4.78, 5) is 12.0. The number of aryl methyl sites for hydroxylation is 1. The van der Waals surface area contributed by atoms with Crippen LogP contribution in [0.5, 0.6) is 0 Å². The van der Waals surface area contributed by atoms with Crippen LogP contribution >= 0.6 is 0 Å². The van der Waals surface area contributed by atoms with Crippen LogP contribution in [0.25, 0.3) is 0 Å². The van der Waals surface area contributed by atoms with Gasteiger partial charge in [0.25, 0.3) is 10.1 Å². The molecular weight excluding hydrogens is 354 g/mol. The van der Waals surface area contributed by atoms with Gasteiger partial charge < -0.3 is 10.1 Å². The van der Waals surface area contributed by atoms with Crippen LogP contribution in [0.3, 0.4) is 0 Å². The molecule has 0 saturated carbocycles. The number of alkyl carbamates (subject to hydrolysis) is 1. The van der Waals surface area contributed by atoms with Gasteiger partial charge in [-0.3, -0.25) is 4.18 Å². The molecule has 148 valence electrons. The first-order valence-electron chi connectivity index (χ1n) is 8.89. The van der Waals surface area contributed by atoms with Crippen molar-refractivity contribution in [2.45, 2.75) is 71.0 Å². The van der Waals surface area contributed by atoms with E-state index in [1.165, 1.54) is 12.1 Å². The number of carbonyl (C=O) groups is 1. The molecule has 0 saturated heterocycles. The third kappa shape index (κ3) is 8.19. The molecular formula is C19H31NO5S. The lowest BCUT2D eigenvalue weighted by Gasteiger charge is -2.23. The van der Waals surface area contributed by atoms with Crippen LogP contribution in [0.2, 0.25) is 0 Å². The second-order valence-electron chi connectivity index (χ2n) is 7.62. The molecule has 6 nitrogen and oxygen atoms in total. The molecule has 2 unspecified atom stereocenters. The Morgan fingerprint density at radius 1 is 1.19 bits per heavy atom. The Morgan fingerprint density at radius 2 is 1.77 bits per heavy atom. The van der Waals surface area contributed by atoms with E-state index < -0.39 is 27.9 Å². The zero-order valence-electron chi connectivity index (χ0n) is 16.5. The number of hydrogen-bond donors (Lipinski definition) is 1. The molecule has 0 aliphatic heterocycles. The highest BCUT2D eigenvalue weighted by Gasteiger charge is 2.25. The fourth-order valence-electron chi connectivity index (χ4n) is 2.22. The Hall–Kier alpha value is -1.60. The Labute approximate surface area is 157 Å². The smallest absolute Gasteiger partial charge is 0.407 e. The van der Waals surface area contributed by atoms with Crippen molar-refractivity contribution < 1.29 is 22.1 Å². The highest BCUT2D eigenvalue weighted by atomic mass is 32.2. The predicted molar refractivity (Wildman–Crippen MR) is 102 cm³/mol. The quantitative estimate of drug-likeness (QED) is 0.683. The monoisotopic (exact) mass is 385 g/mol. The number of amides is 1. The van der Waals surface area contributed by atoms with Crippen LogP contribution in [0.15, 0.2) is 29.2 Å². The van der Waals surface area contributed by atoms with Crippen molar-refractivity contribution >= 4 is 16.2 Å². The van der Waals surface area contributed by atoms with Crippen molar-refractivity contribution in [3.05, 3.63) is 29.8 Å². The minimum Gasteiger partial charge on any atom is -0.444 e. The number of nitrogens with one attached hydrogen (secondary N) is 1. The Kier molecular flexibility index (Phi) is 8.09. The number of ether oxygens (including phenoxy) is 1. The molecule has 1 aromatic carbocycles. The van der Waals surface area contributed by atoms with Crippen molar-refractivity contribution in [2.24, 2.45) is 5.92 Å². The third-order valence-electron chi connectivity index (χ3n) is 3.81. The van der Waals surface area contributed by atoms with E-state index >= 15 is 0 Å². The average molecular weight is 386 g/mol. The molecule has 0 spiro atoms. The second kappa shape index (κ2) is 9.37. The molecule has 1 N–H and O–H groups in total. The summed E-state index contributed by atoms with van der Waals surface area (Å²) < 4.78 is 35.7. The molecule has 1 amide bonds. The van der Waals surface area contributed by atoms with Gasteiger partial charge in [-0.2, -0.15) is 8.42 Å². The standard InChI is InChI=1S/C19H31NO5S/c1-7-14(2)12-16(13-20-18(21)24-19(4,5)6)25-26(22,23)17-10-8-15(3)9-11-17/h8-11,14,16H,7,12-13H2,1-6H3,(H,20,21). The van der Waals surface area contributed by atoms with E-state index in [-0.39, 0.29) is 17.4 Å². The molecule has 2 atom stereocenters. The van der Waals surface area contributed by atoms with E-state index in [0.29, 0.717) is 6.42 Å². The van der Waals surface area contributed by atoms with Gasteiger partial charge in [-0.1, -0.05) is 38.0 Å².